The van der Waals surface area contributed by atoms with E-state index in [1.165, 1.54) is 0 Å². The first-order valence-corrected chi connectivity index (χ1v) is 6.48. The Morgan fingerprint density at radius 2 is 2.06 bits per heavy atom. The third-order valence-electron chi connectivity index (χ3n) is 3.20. The number of para-hydroxylation sites is 1. The summed E-state index contributed by atoms with van der Waals surface area (Å²) in [6, 6.07) is 9.84. The molecule has 3 rings (SSSR count). The summed E-state index contributed by atoms with van der Waals surface area (Å²) in [5.41, 5.74) is 0.953. The van der Waals surface area contributed by atoms with Gasteiger partial charge in [0.2, 0.25) is 5.95 Å². The van der Waals surface area contributed by atoms with Gasteiger partial charge in [0.15, 0.2) is 0 Å². The summed E-state index contributed by atoms with van der Waals surface area (Å²) in [6.07, 6.45) is 2.14. The Morgan fingerprint density at radius 1 is 1.28 bits per heavy atom. The summed E-state index contributed by atoms with van der Waals surface area (Å²) in [4.78, 5) is 0. The van der Waals surface area contributed by atoms with Gasteiger partial charge in [-0.1, -0.05) is 23.3 Å². The zero-order valence-electron chi connectivity index (χ0n) is 9.83. The Bertz CT molecular complexity index is 506. The SMILES string of the molecule is ClC1CC(CNc2nnnn2-c2ccccc2)C1. The smallest absolute Gasteiger partial charge is 0.247 e. The molecule has 0 saturated heterocycles. The Kier molecular flexibility index (Phi) is 3.15. The van der Waals surface area contributed by atoms with Gasteiger partial charge in [-0.05, 0) is 41.3 Å². The molecule has 1 aliphatic rings. The molecule has 0 amide bonds. The van der Waals surface area contributed by atoms with Crippen molar-refractivity contribution in [2.45, 2.75) is 18.2 Å². The normalized spacial score (nSPS) is 22.5. The fraction of sp³-hybridized carbons (Fsp3) is 0.417. The first-order valence-electron chi connectivity index (χ1n) is 6.04. The summed E-state index contributed by atoms with van der Waals surface area (Å²) in [5.74, 6) is 1.31. The minimum Gasteiger partial charge on any atom is -0.352 e. The van der Waals surface area contributed by atoms with Crippen molar-refractivity contribution in [3.8, 4) is 5.69 Å². The number of aromatic nitrogens is 4. The minimum absolute atomic E-state index is 0.349. The molecule has 1 saturated carbocycles. The topological polar surface area (TPSA) is 55.6 Å². The van der Waals surface area contributed by atoms with E-state index in [2.05, 4.69) is 20.8 Å². The Hall–Kier alpha value is -1.62. The van der Waals surface area contributed by atoms with Gasteiger partial charge in [0.1, 0.15) is 0 Å². The molecule has 1 aromatic carbocycles. The minimum atomic E-state index is 0.349. The number of anilines is 1. The quantitative estimate of drug-likeness (QED) is 0.859. The largest absolute Gasteiger partial charge is 0.352 e. The second kappa shape index (κ2) is 4.94. The molecular weight excluding hydrogens is 250 g/mol. The van der Waals surface area contributed by atoms with E-state index in [1.54, 1.807) is 4.68 Å². The number of hydrogen-bond donors (Lipinski definition) is 1. The molecule has 1 N–H and O–H groups in total. The summed E-state index contributed by atoms with van der Waals surface area (Å²) in [6.45, 7) is 0.871. The number of nitrogens with zero attached hydrogens (tertiary/aromatic N) is 4. The summed E-state index contributed by atoms with van der Waals surface area (Å²) in [5, 5.41) is 15.3. The van der Waals surface area contributed by atoms with Gasteiger partial charge in [-0.25, -0.2) is 0 Å². The lowest BCUT2D eigenvalue weighted by Gasteiger charge is -2.30. The van der Waals surface area contributed by atoms with E-state index in [4.69, 9.17) is 11.6 Å². The maximum Gasteiger partial charge on any atom is 0.247 e. The highest BCUT2D eigenvalue weighted by atomic mass is 35.5. The molecule has 1 fully saturated rings. The van der Waals surface area contributed by atoms with Crippen LogP contribution in [0.1, 0.15) is 12.8 Å². The van der Waals surface area contributed by atoms with Gasteiger partial charge in [-0.3, -0.25) is 0 Å². The predicted molar refractivity (Wildman–Crippen MR) is 70.0 cm³/mol. The molecule has 2 aromatic rings. The lowest BCUT2D eigenvalue weighted by atomic mass is 9.85. The summed E-state index contributed by atoms with van der Waals surface area (Å²) in [7, 11) is 0. The Balaban J connectivity index is 1.68. The van der Waals surface area contributed by atoms with E-state index in [9.17, 15) is 0 Å². The van der Waals surface area contributed by atoms with Crippen LogP contribution in [-0.4, -0.2) is 32.1 Å². The maximum atomic E-state index is 5.96. The standard InChI is InChI=1S/C12H14ClN5/c13-10-6-9(7-10)8-14-12-15-16-17-18(12)11-4-2-1-3-5-11/h1-5,9-10H,6-8H2,(H,14,15,17). The highest BCUT2D eigenvalue weighted by Crippen LogP contribution is 2.31. The molecule has 1 aromatic heterocycles. The second-order valence-electron chi connectivity index (χ2n) is 4.57. The number of alkyl halides is 1. The number of hydrogen-bond acceptors (Lipinski definition) is 4. The van der Waals surface area contributed by atoms with Crippen molar-refractivity contribution < 1.29 is 0 Å². The molecule has 0 unspecified atom stereocenters. The highest BCUT2D eigenvalue weighted by molar-refractivity contribution is 6.21. The van der Waals surface area contributed by atoms with Gasteiger partial charge >= 0.3 is 0 Å². The van der Waals surface area contributed by atoms with Crippen molar-refractivity contribution in [3.05, 3.63) is 30.3 Å². The van der Waals surface area contributed by atoms with Crippen molar-refractivity contribution in [2.75, 3.05) is 11.9 Å². The van der Waals surface area contributed by atoms with Gasteiger partial charge < -0.3 is 5.32 Å². The van der Waals surface area contributed by atoms with E-state index in [1.807, 2.05) is 30.3 Å². The van der Waals surface area contributed by atoms with Gasteiger partial charge in [0.05, 0.1) is 5.69 Å². The van der Waals surface area contributed by atoms with Gasteiger partial charge in [0, 0.05) is 11.9 Å². The zero-order valence-corrected chi connectivity index (χ0v) is 10.6. The Morgan fingerprint density at radius 3 is 2.78 bits per heavy atom. The second-order valence-corrected chi connectivity index (χ2v) is 5.18. The monoisotopic (exact) mass is 263 g/mol. The number of halogens is 1. The molecular formula is C12H14ClN5. The molecule has 5 nitrogen and oxygen atoms in total. The molecule has 18 heavy (non-hydrogen) atoms. The average molecular weight is 264 g/mol. The van der Waals surface area contributed by atoms with E-state index >= 15 is 0 Å². The van der Waals surface area contributed by atoms with Crippen LogP contribution >= 0.6 is 11.6 Å². The average Bonchev–Trinajstić information content (AvgIpc) is 2.82. The molecule has 0 aliphatic heterocycles. The lowest BCUT2D eigenvalue weighted by molar-refractivity contribution is 0.340. The lowest BCUT2D eigenvalue weighted by Crippen LogP contribution is -2.30. The first kappa shape index (κ1) is 11.5. The van der Waals surface area contributed by atoms with E-state index < -0.39 is 0 Å². The number of nitrogens with one attached hydrogen (secondary N) is 1. The third-order valence-corrected chi connectivity index (χ3v) is 3.55. The van der Waals surface area contributed by atoms with Crippen molar-refractivity contribution in [3.63, 3.8) is 0 Å². The van der Waals surface area contributed by atoms with Crippen molar-refractivity contribution >= 4 is 17.5 Å². The number of benzene rings is 1. The third kappa shape index (κ3) is 2.31. The molecule has 0 radical (unpaired) electrons. The summed E-state index contributed by atoms with van der Waals surface area (Å²) < 4.78 is 1.71. The Labute approximate surface area is 110 Å². The van der Waals surface area contributed by atoms with Crippen LogP contribution in [0.15, 0.2) is 30.3 Å². The predicted octanol–water partition coefficient (Wildman–Crippen LogP) is 2.09. The van der Waals surface area contributed by atoms with Crippen LogP contribution < -0.4 is 5.32 Å². The van der Waals surface area contributed by atoms with Crippen LogP contribution in [-0.2, 0) is 0 Å². The number of tetrazole rings is 1. The summed E-state index contributed by atoms with van der Waals surface area (Å²) >= 11 is 5.96. The van der Waals surface area contributed by atoms with Crippen LogP contribution in [0.2, 0.25) is 0 Å². The molecule has 0 atom stereocenters. The van der Waals surface area contributed by atoms with Gasteiger partial charge in [-0.15, -0.1) is 11.6 Å². The van der Waals surface area contributed by atoms with E-state index in [0.29, 0.717) is 17.2 Å². The zero-order chi connectivity index (χ0) is 12.4. The van der Waals surface area contributed by atoms with Crippen LogP contribution in [0, 0.1) is 5.92 Å². The van der Waals surface area contributed by atoms with Crippen molar-refractivity contribution in [1.82, 2.24) is 20.2 Å². The van der Waals surface area contributed by atoms with Crippen LogP contribution in [0.5, 0.6) is 0 Å². The number of rotatable bonds is 4. The van der Waals surface area contributed by atoms with Crippen LogP contribution in [0.25, 0.3) is 5.69 Å². The maximum absolute atomic E-state index is 5.96. The molecule has 1 aliphatic carbocycles. The molecule has 6 heteroatoms. The fourth-order valence-electron chi connectivity index (χ4n) is 2.10. The van der Waals surface area contributed by atoms with Gasteiger partial charge in [-0.2, -0.15) is 4.68 Å². The molecule has 0 spiro atoms. The first-order chi connectivity index (χ1) is 8.83. The van der Waals surface area contributed by atoms with Crippen LogP contribution in [0.4, 0.5) is 5.95 Å². The van der Waals surface area contributed by atoms with Crippen molar-refractivity contribution in [1.29, 1.82) is 0 Å². The molecule has 1 heterocycles. The highest BCUT2D eigenvalue weighted by Gasteiger charge is 2.27. The van der Waals surface area contributed by atoms with E-state index in [-0.39, 0.29) is 0 Å². The van der Waals surface area contributed by atoms with E-state index in [0.717, 1.165) is 25.1 Å². The fourth-order valence-corrected chi connectivity index (χ4v) is 2.60. The van der Waals surface area contributed by atoms with Gasteiger partial charge in [0.25, 0.3) is 0 Å². The van der Waals surface area contributed by atoms with Crippen LogP contribution in [0.3, 0.4) is 0 Å². The molecule has 94 valence electrons. The molecule has 0 bridgehead atoms. The van der Waals surface area contributed by atoms with Crippen molar-refractivity contribution in [2.24, 2.45) is 5.92 Å².